The lowest BCUT2D eigenvalue weighted by atomic mass is 10.1. The first-order chi connectivity index (χ1) is 16.4. The predicted octanol–water partition coefficient (Wildman–Crippen LogP) is 6.81. The van der Waals surface area contributed by atoms with Crippen LogP contribution in [0, 0.1) is 0 Å². The van der Waals surface area contributed by atoms with Crippen molar-refractivity contribution in [2.75, 3.05) is 0 Å². The molecule has 2 heterocycles. The van der Waals surface area contributed by atoms with Gasteiger partial charge in [-0.3, -0.25) is 4.98 Å². The van der Waals surface area contributed by atoms with Crippen molar-refractivity contribution in [3.05, 3.63) is 121 Å². The van der Waals surface area contributed by atoms with Gasteiger partial charge in [0, 0.05) is 32.5 Å². The molecule has 33 heavy (non-hydrogen) atoms. The summed E-state index contributed by atoms with van der Waals surface area (Å²) in [4.78, 5) is 8.34. The van der Waals surface area contributed by atoms with E-state index in [4.69, 9.17) is 9.51 Å². The molecule has 1 N–H and O–H groups in total. The van der Waals surface area contributed by atoms with Crippen LogP contribution in [-0.4, -0.2) is 9.97 Å². The highest BCUT2D eigenvalue weighted by Crippen LogP contribution is 2.37. The van der Waals surface area contributed by atoms with Crippen molar-refractivity contribution in [1.29, 1.82) is 0 Å². The number of nitrogens with zero attached hydrogens (tertiary/aromatic N) is 1. The van der Waals surface area contributed by atoms with E-state index in [1.54, 1.807) is 0 Å². The molecule has 6 aromatic rings. The molecule has 158 valence electrons. The van der Waals surface area contributed by atoms with Gasteiger partial charge in [0.1, 0.15) is 5.75 Å². The number of pyridine rings is 1. The minimum atomic E-state index is -0.979. The summed E-state index contributed by atoms with van der Waals surface area (Å²) in [5.41, 5.74) is 4.25. The molecule has 0 fully saturated rings. The van der Waals surface area contributed by atoms with E-state index in [1.165, 1.54) is 21.4 Å². The number of fused-ring (bicyclic) bond motifs is 3. The van der Waals surface area contributed by atoms with Gasteiger partial charge in [-0.15, -0.1) is 0 Å². The Labute approximate surface area is 193 Å². The maximum Gasteiger partial charge on any atom is 0.150 e. The van der Waals surface area contributed by atoms with Crippen molar-refractivity contribution in [2.24, 2.45) is 0 Å². The van der Waals surface area contributed by atoms with Crippen LogP contribution in [-0.2, 0) is 0 Å². The number of benzene rings is 4. The summed E-state index contributed by atoms with van der Waals surface area (Å²) < 4.78 is 6.51. The van der Waals surface area contributed by atoms with Gasteiger partial charge in [0.15, 0.2) is 8.15 Å². The summed E-state index contributed by atoms with van der Waals surface area (Å²) >= 11 is 0. The number of nitrogens with one attached hydrogen (secondary N) is 1. The Balaban J connectivity index is 1.35. The van der Waals surface area contributed by atoms with Gasteiger partial charge in [-0.05, 0) is 18.2 Å². The molecule has 0 saturated heterocycles. The highest BCUT2D eigenvalue weighted by atomic mass is 31.1. The van der Waals surface area contributed by atoms with Gasteiger partial charge in [-0.2, -0.15) is 0 Å². The molecule has 0 aliphatic heterocycles. The molecule has 0 spiro atoms. The van der Waals surface area contributed by atoms with Crippen LogP contribution < -0.4 is 15.1 Å². The summed E-state index contributed by atoms with van der Waals surface area (Å²) in [6, 6.07) is 39.6. The van der Waals surface area contributed by atoms with E-state index in [2.05, 4.69) is 96.0 Å². The molecule has 6 rings (SSSR count). The molecule has 0 bridgehead atoms. The van der Waals surface area contributed by atoms with E-state index < -0.39 is 8.15 Å². The highest BCUT2D eigenvalue weighted by molar-refractivity contribution is 7.68. The fraction of sp³-hybridized carbons (Fsp3) is 0. The van der Waals surface area contributed by atoms with Crippen molar-refractivity contribution in [3.8, 4) is 17.0 Å². The summed E-state index contributed by atoms with van der Waals surface area (Å²) in [5, 5.41) is 4.78. The lowest BCUT2D eigenvalue weighted by molar-refractivity contribution is 0.626. The number of rotatable bonds is 5. The number of para-hydroxylation sites is 2. The molecule has 0 radical (unpaired) electrons. The van der Waals surface area contributed by atoms with Crippen LogP contribution in [0.4, 0.5) is 0 Å². The number of aromatic nitrogens is 2. The third kappa shape index (κ3) is 3.77. The van der Waals surface area contributed by atoms with Crippen molar-refractivity contribution >= 4 is 40.6 Å². The van der Waals surface area contributed by atoms with Gasteiger partial charge < -0.3 is 9.51 Å². The Hall–Kier alpha value is -3.94. The Bertz CT molecular complexity index is 1490. The Morgan fingerprint density at radius 1 is 0.606 bits per heavy atom. The van der Waals surface area contributed by atoms with Crippen LogP contribution in [0.25, 0.3) is 33.1 Å². The van der Waals surface area contributed by atoms with E-state index >= 15 is 0 Å². The smallest absolute Gasteiger partial charge is 0.150 e. The van der Waals surface area contributed by atoms with Crippen molar-refractivity contribution in [2.45, 2.75) is 0 Å². The molecule has 0 aliphatic rings. The molecule has 4 heteroatoms. The maximum absolute atomic E-state index is 6.51. The zero-order valence-corrected chi connectivity index (χ0v) is 18.7. The van der Waals surface area contributed by atoms with E-state index in [0.29, 0.717) is 0 Å². The molecular weight excluding hydrogens is 423 g/mol. The average Bonchev–Trinajstić information content (AvgIpc) is 3.28. The SMILES string of the molecule is c1ccc(P(Oc2ccc(-c3cccc4c3[nH]c3ccccc34)nc2)c2ccccc2)cc1. The predicted molar refractivity (Wildman–Crippen MR) is 139 cm³/mol. The van der Waals surface area contributed by atoms with E-state index in [0.717, 1.165) is 28.0 Å². The number of hydrogen-bond acceptors (Lipinski definition) is 2. The van der Waals surface area contributed by atoms with Gasteiger partial charge in [0.05, 0.1) is 17.4 Å². The number of aromatic amines is 1. The third-order valence-corrected chi connectivity index (χ3v) is 7.66. The average molecular weight is 444 g/mol. The first kappa shape index (κ1) is 19.7. The molecule has 0 atom stereocenters. The van der Waals surface area contributed by atoms with Crippen molar-refractivity contribution in [1.82, 2.24) is 9.97 Å². The second kappa shape index (κ2) is 8.54. The van der Waals surface area contributed by atoms with Gasteiger partial charge in [-0.1, -0.05) is 97.1 Å². The monoisotopic (exact) mass is 444 g/mol. The number of H-pyrrole nitrogens is 1. The topological polar surface area (TPSA) is 37.9 Å². The van der Waals surface area contributed by atoms with Crippen LogP contribution >= 0.6 is 8.15 Å². The van der Waals surface area contributed by atoms with E-state index in [9.17, 15) is 0 Å². The highest BCUT2D eigenvalue weighted by Gasteiger charge is 2.17. The Kier molecular flexibility index (Phi) is 5.10. The second-order valence-electron chi connectivity index (χ2n) is 7.83. The second-order valence-corrected chi connectivity index (χ2v) is 9.64. The Morgan fingerprint density at radius 3 is 1.97 bits per heavy atom. The first-order valence-corrected chi connectivity index (χ1v) is 12.2. The molecule has 3 nitrogen and oxygen atoms in total. The molecular formula is C29H21N2OP. The normalized spacial score (nSPS) is 11.3. The largest absolute Gasteiger partial charge is 0.463 e. The molecule has 0 aliphatic carbocycles. The summed E-state index contributed by atoms with van der Waals surface area (Å²) in [7, 11) is -0.979. The standard InChI is InChI=1S/C29H21N2OP/c1-3-10-22(11-4-1)33(23-12-5-2-6-13-23)32-21-18-19-27(30-20-21)26-16-9-15-25-24-14-7-8-17-28(24)31-29(25)26/h1-20,31H. The quantitative estimate of drug-likeness (QED) is 0.297. The Morgan fingerprint density at radius 2 is 1.27 bits per heavy atom. The molecule has 0 unspecified atom stereocenters. The lowest BCUT2D eigenvalue weighted by Crippen LogP contribution is -2.15. The first-order valence-electron chi connectivity index (χ1n) is 10.9. The zero-order chi connectivity index (χ0) is 22.0. The molecule has 2 aromatic heterocycles. The summed E-state index contributed by atoms with van der Waals surface area (Å²) in [5.74, 6) is 0.765. The van der Waals surface area contributed by atoms with Gasteiger partial charge in [-0.25, -0.2) is 0 Å². The molecule has 0 amide bonds. The van der Waals surface area contributed by atoms with Crippen LogP contribution in [0.5, 0.6) is 5.75 Å². The maximum atomic E-state index is 6.51. The minimum Gasteiger partial charge on any atom is -0.463 e. The summed E-state index contributed by atoms with van der Waals surface area (Å²) in [6.45, 7) is 0. The van der Waals surface area contributed by atoms with Crippen LogP contribution in [0.3, 0.4) is 0 Å². The van der Waals surface area contributed by atoms with Gasteiger partial charge >= 0.3 is 0 Å². The van der Waals surface area contributed by atoms with Crippen molar-refractivity contribution < 1.29 is 4.52 Å². The van der Waals surface area contributed by atoms with Gasteiger partial charge in [0.2, 0.25) is 0 Å². The van der Waals surface area contributed by atoms with Crippen LogP contribution in [0.15, 0.2) is 121 Å². The van der Waals surface area contributed by atoms with E-state index in [1.807, 2.05) is 30.5 Å². The van der Waals surface area contributed by atoms with Crippen LogP contribution in [0.2, 0.25) is 0 Å². The zero-order valence-electron chi connectivity index (χ0n) is 17.8. The van der Waals surface area contributed by atoms with Crippen LogP contribution in [0.1, 0.15) is 0 Å². The third-order valence-electron chi connectivity index (χ3n) is 5.73. The number of hydrogen-bond donors (Lipinski definition) is 1. The lowest BCUT2D eigenvalue weighted by Gasteiger charge is -2.19. The van der Waals surface area contributed by atoms with Gasteiger partial charge in [0.25, 0.3) is 0 Å². The molecule has 0 saturated carbocycles. The fourth-order valence-corrected chi connectivity index (χ4v) is 5.88. The van der Waals surface area contributed by atoms with E-state index in [-0.39, 0.29) is 0 Å². The molecule has 4 aromatic carbocycles. The minimum absolute atomic E-state index is 0.765. The summed E-state index contributed by atoms with van der Waals surface area (Å²) in [6.07, 6.45) is 1.83. The van der Waals surface area contributed by atoms with Crippen molar-refractivity contribution in [3.63, 3.8) is 0 Å². The fourth-order valence-electron chi connectivity index (χ4n) is 4.17.